The van der Waals surface area contributed by atoms with Crippen LogP contribution in [0.4, 0.5) is 0 Å². The maximum atomic E-state index is 12.3. The number of benzene rings is 2. The first-order chi connectivity index (χ1) is 24.8. The minimum atomic E-state index is -0.642. The van der Waals surface area contributed by atoms with Crippen LogP contribution in [0.5, 0.6) is 11.5 Å². The number of carbonyl (C=O) groups excluding carboxylic acids is 2. The zero-order valence-electron chi connectivity index (χ0n) is 31.2. The van der Waals surface area contributed by atoms with Crippen LogP contribution in [-0.2, 0) is 41.4 Å². The Kier molecular flexibility index (Phi) is 19.2. The van der Waals surface area contributed by atoms with Crippen molar-refractivity contribution in [2.45, 2.75) is 104 Å². The van der Waals surface area contributed by atoms with Crippen molar-refractivity contribution in [1.29, 1.82) is 0 Å². The Hall–Kier alpha value is -3.33. The molecule has 0 aliphatic heterocycles. The lowest BCUT2D eigenvalue weighted by Crippen LogP contribution is -2.30. The number of rotatable bonds is 26. The summed E-state index contributed by atoms with van der Waals surface area (Å²) < 4.78 is 36.4. The summed E-state index contributed by atoms with van der Waals surface area (Å²) in [6.07, 6.45) is 12.7. The lowest BCUT2D eigenvalue weighted by atomic mass is 9.90. The molecule has 282 valence electrons. The van der Waals surface area contributed by atoms with Gasteiger partial charge in [-0.15, -0.1) is 0 Å². The molecule has 0 heterocycles. The van der Waals surface area contributed by atoms with Crippen LogP contribution in [-0.4, -0.2) is 63.8 Å². The van der Waals surface area contributed by atoms with Gasteiger partial charge >= 0.3 is 11.9 Å². The van der Waals surface area contributed by atoms with Gasteiger partial charge in [-0.05, 0) is 31.1 Å². The van der Waals surface area contributed by atoms with Crippen molar-refractivity contribution >= 4 is 34.3 Å². The van der Waals surface area contributed by atoms with Crippen LogP contribution in [0.15, 0.2) is 60.7 Å². The molecule has 2 aromatic carbocycles. The molecule has 4 unspecified atom stereocenters. The molecule has 0 N–H and O–H groups in total. The average Bonchev–Trinajstić information content (AvgIpc) is 3.14. The third-order valence-electron chi connectivity index (χ3n) is 9.43. The van der Waals surface area contributed by atoms with Crippen LogP contribution >= 0.6 is 11.6 Å². The minimum Gasteiger partial charge on any atom is -0.489 e. The zero-order chi connectivity index (χ0) is 37.0. The number of esters is 2. The molecule has 8 nitrogen and oxygen atoms in total. The molecule has 0 spiro atoms. The first-order valence-corrected chi connectivity index (χ1v) is 19.1. The summed E-state index contributed by atoms with van der Waals surface area (Å²) in [6, 6.07) is 7.84. The fourth-order valence-electron chi connectivity index (χ4n) is 6.53. The number of ether oxygens (including phenoxy) is 6. The van der Waals surface area contributed by atoms with Gasteiger partial charge in [0, 0.05) is 58.7 Å². The Morgan fingerprint density at radius 3 is 1.63 bits per heavy atom. The maximum Gasteiger partial charge on any atom is 0.330 e. The first-order valence-electron chi connectivity index (χ1n) is 18.8. The predicted molar refractivity (Wildman–Crippen MR) is 205 cm³/mol. The SMILES string of the molecule is C=CC(=O)OC(COCCC(CC)CCC)COc1c2c(c(OCC(COCCC(CC)CCC)OC(=O)C=C)c3ccccc13)CC(Cl)=CC2. The van der Waals surface area contributed by atoms with Crippen molar-refractivity contribution in [1.82, 2.24) is 0 Å². The molecule has 51 heavy (non-hydrogen) atoms. The quantitative estimate of drug-likeness (QED) is 0.0538. The van der Waals surface area contributed by atoms with Crippen LogP contribution in [0.2, 0.25) is 0 Å². The van der Waals surface area contributed by atoms with E-state index in [4.69, 9.17) is 40.0 Å². The van der Waals surface area contributed by atoms with E-state index in [0.717, 1.165) is 72.6 Å². The number of halogens is 1. The van der Waals surface area contributed by atoms with E-state index in [9.17, 15) is 9.59 Å². The molecular formula is C42H59ClO8. The number of hydrogen-bond donors (Lipinski definition) is 0. The first kappa shape index (κ1) is 42.1. The monoisotopic (exact) mass is 726 g/mol. The maximum absolute atomic E-state index is 12.3. The summed E-state index contributed by atoms with van der Waals surface area (Å²) in [5.41, 5.74) is 1.83. The molecule has 1 aliphatic carbocycles. The third kappa shape index (κ3) is 13.6. The van der Waals surface area contributed by atoms with Gasteiger partial charge in [0.1, 0.15) is 24.7 Å². The Morgan fingerprint density at radius 2 is 1.20 bits per heavy atom. The van der Waals surface area contributed by atoms with Gasteiger partial charge in [0.15, 0.2) is 12.2 Å². The van der Waals surface area contributed by atoms with E-state index in [0.29, 0.717) is 54.4 Å². The van der Waals surface area contributed by atoms with Crippen LogP contribution in [0.25, 0.3) is 10.8 Å². The van der Waals surface area contributed by atoms with Crippen molar-refractivity contribution in [3.63, 3.8) is 0 Å². The number of fused-ring (bicyclic) bond motifs is 2. The summed E-state index contributed by atoms with van der Waals surface area (Å²) in [5.74, 6) is 1.49. The Labute approximate surface area is 310 Å². The van der Waals surface area contributed by atoms with E-state index in [1.165, 1.54) is 12.8 Å². The van der Waals surface area contributed by atoms with Gasteiger partial charge in [-0.1, -0.05) is 121 Å². The topological polar surface area (TPSA) is 89.5 Å². The highest BCUT2D eigenvalue weighted by molar-refractivity contribution is 6.30. The minimum absolute atomic E-state index is 0.0811. The smallest absolute Gasteiger partial charge is 0.330 e. The lowest BCUT2D eigenvalue weighted by molar-refractivity contribution is -0.148. The van der Waals surface area contributed by atoms with E-state index >= 15 is 0 Å². The Balaban J connectivity index is 1.83. The normalized spacial score (nSPS) is 14.8. The highest BCUT2D eigenvalue weighted by Gasteiger charge is 2.27. The Morgan fingerprint density at radius 1 is 0.725 bits per heavy atom. The lowest BCUT2D eigenvalue weighted by Gasteiger charge is -2.27. The zero-order valence-corrected chi connectivity index (χ0v) is 32.0. The summed E-state index contributed by atoms with van der Waals surface area (Å²) in [4.78, 5) is 24.5. The fraction of sp³-hybridized carbons (Fsp3) is 0.571. The highest BCUT2D eigenvalue weighted by Crippen LogP contribution is 2.44. The van der Waals surface area contributed by atoms with Crippen molar-refractivity contribution in [3.8, 4) is 11.5 Å². The second-order valence-electron chi connectivity index (χ2n) is 13.2. The number of allylic oxidation sites excluding steroid dienone is 2. The predicted octanol–water partition coefficient (Wildman–Crippen LogP) is 9.48. The van der Waals surface area contributed by atoms with E-state index in [2.05, 4.69) is 40.9 Å². The molecule has 0 aromatic heterocycles. The second kappa shape index (κ2) is 23.3. The largest absolute Gasteiger partial charge is 0.489 e. The summed E-state index contributed by atoms with van der Waals surface area (Å²) in [5, 5.41) is 2.37. The van der Waals surface area contributed by atoms with Gasteiger partial charge in [0.25, 0.3) is 0 Å². The summed E-state index contributed by atoms with van der Waals surface area (Å²) in [7, 11) is 0. The molecule has 1 aliphatic rings. The Bertz CT molecular complexity index is 1440. The molecule has 2 aromatic rings. The number of carbonyl (C=O) groups is 2. The van der Waals surface area contributed by atoms with E-state index in [1.807, 2.05) is 30.3 Å². The molecule has 4 atom stereocenters. The van der Waals surface area contributed by atoms with Crippen molar-refractivity contribution in [3.05, 3.63) is 71.8 Å². The van der Waals surface area contributed by atoms with Crippen LogP contribution in [0.3, 0.4) is 0 Å². The molecule has 0 amide bonds. The van der Waals surface area contributed by atoms with E-state index in [-0.39, 0.29) is 26.4 Å². The summed E-state index contributed by atoms with van der Waals surface area (Å²) in [6.45, 7) is 17.7. The van der Waals surface area contributed by atoms with Crippen molar-refractivity contribution in [2.75, 3.05) is 39.6 Å². The molecule has 3 rings (SSSR count). The third-order valence-corrected chi connectivity index (χ3v) is 9.71. The molecule has 9 heteroatoms. The summed E-state index contributed by atoms with van der Waals surface area (Å²) >= 11 is 6.62. The molecule has 0 fully saturated rings. The van der Waals surface area contributed by atoms with E-state index < -0.39 is 24.1 Å². The van der Waals surface area contributed by atoms with Crippen molar-refractivity contribution in [2.24, 2.45) is 11.8 Å². The molecule has 0 saturated heterocycles. The molecule has 0 radical (unpaired) electrons. The average molecular weight is 727 g/mol. The van der Waals surface area contributed by atoms with Gasteiger partial charge in [0.05, 0.1) is 13.2 Å². The van der Waals surface area contributed by atoms with Gasteiger partial charge in [-0.3, -0.25) is 0 Å². The van der Waals surface area contributed by atoms with Crippen molar-refractivity contribution < 1.29 is 38.0 Å². The van der Waals surface area contributed by atoms with E-state index in [1.54, 1.807) is 0 Å². The standard InChI is InChI=1S/C42H59ClO8/c1-7-15-30(9-3)21-23-46-26-33(50-39(44)11-5)28-48-41-35-17-13-14-18-36(35)42(38-25-32(43)19-20-37(38)41)49-29-34(51-40(45)12-6)27-47-24-22-31(10-4)16-8-2/h11-14,17-19,30-31,33-34H,5-10,15-16,20-29H2,1-4H3. The van der Waals surface area contributed by atoms with Crippen LogP contribution in [0.1, 0.15) is 90.2 Å². The van der Waals surface area contributed by atoms with Gasteiger partial charge in [-0.2, -0.15) is 0 Å². The van der Waals surface area contributed by atoms with Gasteiger partial charge in [0.2, 0.25) is 0 Å². The van der Waals surface area contributed by atoms with Crippen LogP contribution in [0, 0.1) is 11.8 Å². The molecule has 0 bridgehead atoms. The second-order valence-corrected chi connectivity index (χ2v) is 13.7. The molecular weight excluding hydrogens is 668 g/mol. The van der Waals surface area contributed by atoms with Gasteiger partial charge in [-0.25, -0.2) is 9.59 Å². The highest BCUT2D eigenvalue weighted by atomic mass is 35.5. The fourth-order valence-corrected chi connectivity index (χ4v) is 6.74. The van der Waals surface area contributed by atoms with Crippen LogP contribution < -0.4 is 9.47 Å². The van der Waals surface area contributed by atoms with Gasteiger partial charge < -0.3 is 28.4 Å². The number of hydrogen-bond acceptors (Lipinski definition) is 8. The molecule has 0 saturated carbocycles.